The Hall–Kier alpha value is -5.60. The second kappa shape index (κ2) is 8.95. The summed E-state index contributed by atoms with van der Waals surface area (Å²) in [5.41, 5.74) is 1.36. The summed E-state index contributed by atoms with van der Waals surface area (Å²) in [6.45, 7) is 0. The summed E-state index contributed by atoms with van der Waals surface area (Å²) in [5, 5.41) is 1.00. The molecule has 0 aliphatic heterocycles. The lowest BCUT2D eigenvalue weighted by Crippen LogP contribution is -1.91. The van der Waals surface area contributed by atoms with Crippen LogP contribution >= 0.6 is 0 Å². The van der Waals surface area contributed by atoms with Crippen LogP contribution in [0, 0.1) is 0 Å². The van der Waals surface area contributed by atoms with Crippen molar-refractivity contribution >= 4 is 54.5 Å². The van der Waals surface area contributed by atoms with Gasteiger partial charge < -0.3 is 8.83 Å². The van der Waals surface area contributed by atoms with Gasteiger partial charge in [-0.3, -0.25) is 0 Å². The monoisotopic (exact) mass is 549 g/mol. The van der Waals surface area contributed by atoms with E-state index in [2.05, 4.69) is 0 Å². The Labute approximate surface area is 260 Å². The molecule has 0 bridgehead atoms. The van der Waals surface area contributed by atoms with E-state index >= 15 is 0 Å². The molecule has 42 heavy (non-hydrogen) atoms. The molecule has 196 valence electrons. The molecule has 0 aliphatic rings. The third-order valence-corrected chi connectivity index (χ3v) is 7.62. The van der Waals surface area contributed by atoms with Crippen LogP contribution in [0.25, 0.3) is 88.0 Å². The molecule has 2 nitrogen and oxygen atoms in total. The highest BCUT2D eigenvalue weighted by molar-refractivity contribution is 6.24. The zero-order valence-electron chi connectivity index (χ0n) is 34.7. The van der Waals surface area contributed by atoms with E-state index in [4.69, 9.17) is 21.2 Å². The number of furan rings is 2. The zero-order valence-corrected chi connectivity index (χ0v) is 21.7. The molecule has 2 heterocycles. The summed E-state index contributed by atoms with van der Waals surface area (Å²) in [6, 6.07) is 11.4. The van der Waals surface area contributed by atoms with Crippen LogP contribution in [0.5, 0.6) is 0 Å². The molecule has 0 unspecified atom stereocenters. The summed E-state index contributed by atoms with van der Waals surface area (Å²) in [4.78, 5) is 0. The van der Waals surface area contributed by atoms with Crippen LogP contribution in [-0.4, -0.2) is 0 Å². The predicted octanol–water partition coefficient (Wildman–Crippen LogP) is 11.6. The molecule has 0 amide bonds. The van der Waals surface area contributed by atoms with Crippen LogP contribution in [0.15, 0.2) is 154 Å². The minimum atomic E-state index is -0.735. The molecular weight excluding hydrogens is 512 g/mol. The first kappa shape index (κ1) is 13.8. The highest BCUT2D eigenvalue weighted by Gasteiger charge is 2.25. The minimum Gasteiger partial charge on any atom is -0.452 e. The van der Waals surface area contributed by atoms with Gasteiger partial charge in [0.25, 0.3) is 0 Å². The fourth-order valence-electron chi connectivity index (χ4n) is 5.88. The van der Waals surface area contributed by atoms with Gasteiger partial charge in [0.2, 0.25) is 0 Å². The van der Waals surface area contributed by atoms with Crippen molar-refractivity contribution in [2.24, 2.45) is 0 Å². The highest BCUT2D eigenvalue weighted by atomic mass is 16.4. The van der Waals surface area contributed by atoms with E-state index in [1.165, 1.54) is 0 Å². The first-order valence-corrected chi connectivity index (χ1v) is 13.2. The molecular formula is C40H24O2. The first-order chi connectivity index (χ1) is 26.3. The van der Waals surface area contributed by atoms with E-state index in [1.807, 2.05) is 54.6 Å². The Bertz CT molecular complexity index is 3070. The molecule has 0 atom stereocenters. The number of hydrogen-bond donors (Lipinski definition) is 0. The second-order valence-electron chi connectivity index (χ2n) is 9.84. The van der Waals surface area contributed by atoms with Gasteiger partial charge in [-0.15, -0.1) is 0 Å². The summed E-state index contributed by atoms with van der Waals surface area (Å²) in [7, 11) is 0. The van der Waals surface area contributed by atoms with E-state index in [9.17, 15) is 5.48 Å². The number of fused-ring (bicyclic) bond motifs is 7. The summed E-state index contributed by atoms with van der Waals surface area (Å²) in [6.07, 6.45) is 0. The van der Waals surface area contributed by atoms with Gasteiger partial charge in [0.15, 0.2) is 11.2 Å². The summed E-state index contributed by atoms with van der Waals surface area (Å²) >= 11 is 0. The topological polar surface area (TPSA) is 26.3 Å². The fraction of sp³-hybridized carbons (Fsp3) is 0. The van der Waals surface area contributed by atoms with Crippen LogP contribution in [0.3, 0.4) is 0 Å². The molecule has 7 aromatic carbocycles. The van der Waals surface area contributed by atoms with E-state index in [0.717, 1.165) is 10.8 Å². The molecule has 0 spiro atoms. The third-order valence-electron chi connectivity index (χ3n) is 7.62. The number of benzene rings is 7. The molecule has 9 aromatic rings. The van der Waals surface area contributed by atoms with Crippen molar-refractivity contribution in [3.63, 3.8) is 0 Å². The van der Waals surface area contributed by atoms with Gasteiger partial charge in [-0.05, 0) is 56.4 Å². The zero-order chi connectivity index (χ0) is 38.9. The Morgan fingerprint density at radius 3 is 1.67 bits per heavy atom. The average Bonchev–Trinajstić information content (AvgIpc) is 3.77. The first-order valence-electron chi connectivity index (χ1n) is 19.7. The van der Waals surface area contributed by atoms with Crippen molar-refractivity contribution in [2.75, 3.05) is 0 Å². The SMILES string of the molecule is [2H]c1c([2H])c([2H])c(-c2c3c([2H])c([2H])c([2H])c([2H])c3c(-c3oc4c(ccc5c6ccccc6oc54)c3-c3ccccc3)c3c([2H])c([2H])c([2H])c([2H])c23)c([2H])c1[2H]. The molecule has 9 rings (SSSR count). The molecule has 2 aromatic heterocycles. The van der Waals surface area contributed by atoms with Crippen molar-refractivity contribution < 1.29 is 26.7 Å². The Balaban J connectivity index is 1.62. The molecule has 0 fully saturated rings. The van der Waals surface area contributed by atoms with Crippen molar-refractivity contribution in [3.8, 4) is 33.6 Å². The van der Waals surface area contributed by atoms with Gasteiger partial charge in [-0.2, -0.15) is 0 Å². The fourth-order valence-corrected chi connectivity index (χ4v) is 5.88. The van der Waals surface area contributed by atoms with Crippen molar-refractivity contribution in [1.82, 2.24) is 0 Å². The van der Waals surface area contributed by atoms with Crippen molar-refractivity contribution in [1.29, 1.82) is 0 Å². The maximum atomic E-state index is 9.37. The van der Waals surface area contributed by atoms with Gasteiger partial charge in [0.05, 0.1) is 17.8 Å². The number of para-hydroxylation sites is 1. The molecule has 2 heteroatoms. The molecule has 0 N–H and O–H groups in total. The smallest absolute Gasteiger partial charge is 0.178 e. The molecule has 0 saturated carbocycles. The van der Waals surface area contributed by atoms with Crippen LogP contribution < -0.4 is 0 Å². The Morgan fingerprint density at radius 1 is 0.381 bits per heavy atom. The van der Waals surface area contributed by atoms with Gasteiger partial charge in [-0.25, -0.2) is 0 Å². The predicted molar refractivity (Wildman–Crippen MR) is 175 cm³/mol. The van der Waals surface area contributed by atoms with Crippen LogP contribution in [-0.2, 0) is 0 Å². The number of hydrogen-bond acceptors (Lipinski definition) is 2. The summed E-state index contributed by atoms with van der Waals surface area (Å²) in [5.74, 6) is 0.00632. The summed E-state index contributed by atoms with van der Waals surface area (Å²) < 4.78 is 129. The standard InChI is InChI=1S/C40H24O2/c1-3-13-25(14-4-1)35-28-18-7-9-20-30(28)37(31-21-10-8-19-29(31)35)40-36(26-15-5-2-6-16-26)33-24-23-32-27-17-11-12-22-34(27)41-38(32)39(33)42-40/h1-24H/i1D,3D,4D,7D,8D,9D,10D,13D,14D,18D,19D,20D,21D. The van der Waals surface area contributed by atoms with E-state index in [0.29, 0.717) is 27.7 Å². The maximum absolute atomic E-state index is 9.37. The van der Waals surface area contributed by atoms with E-state index in [-0.39, 0.29) is 44.0 Å². The largest absolute Gasteiger partial charge is 0.452 e. The average molecular weight is 550 g/mol. The van der Waals surface area contributed by atoms with E-state index < -0.39 is 84.1 Å². The second-order valence-corrected chi connectivity index (χ2v) is 9.84. The minimum absolute atomic E-state index is 0.00632. The van der Waals surface area contributed by atoms with Gasteiger partial charge >= 0.3 is 0 Å². The highest BCUT2D eigenvalue weighted by Crippen LogP contribution is 2.50. The lowest BCUT2D eigenvalue weighted by atomic mass is 9.86. The quantitative estimate of drug-likeness (QED) is 0.205. The molecule has 0 saturated heterocycles. The van der Waals surface area contributed by atoms with Crippen LogP contribution in [0.1, 0.15) is 17.8 Å². The Morgan fingerprint density at radius 2 is 0.952 bits per heavy atom. The third kappa shape index (κ3) is 3.27. The van der Waals surface area contributed by atoms with E-state index in [1.54, 1.807) is 12.1 Å². The normalized spacial score (nSPS) is 16.1. The molecule has 0 aliphatic carbocycles. The van der Waals surface area contributed by atoms with Crippen molar-refractivity contribution in [3.05, 3.63) is 145 Å². The lowest BCUT2D eigenvalue weighted by molar-refractivity contribution is 0.613. The van der Waals surface area contributed by atoms with Crippen molar-refractivity contribution in [2.45, 2.75) is 0 Å². The number of rotatable bonds is 3. The Kier molecular flexibility index (Phi) is 2.95. The van der Waals surface area contributed by atoms with Gasteiger partial charge in [-0.1, -0.05) is 127 Å². The van der Waals surface area contributed by atoms with Crippen LogP contribution in [0.2, 0.25) is 0 Å². The van der Waals surface area contributed by atoms with Crippen LogP contribution in [0.4, 0.5) is 0 Å². The van der Waals surface area contributed by atoms with Gasteiger partial charge in [0, 0.05) is 27.3 Å². The molecule has 0 radical (unpaired) electrons. The van der Waals surface area contributed by atoms with Gasteiger partial charge in [0.1, 0.15) is 11.3 Å². The lowest BCUT2D eigenvalue weighted by Gasteiger charge is -2.17. The maximum Gasteiger partial charge on any atom is 0.178 e.